The van der Waals surface area contributed by atoms with Crippen LogP contribution in [0.4, 0.5) is 18.9 Å². The molecule has 25 heavy (non-hydrogen) atoms. The van der Waals surface area contributed by atoms with Crippen LogP contribution in [-0.2, 0) is 23.8 Å². The maximum atomic E-state index is 13.0. The molecule has 1 amide bonds. The van der Waals surface area contributed by atoms with Gasteiger partial charge < -0.3 is 9.84 Å². The number of H-pyrrole nitrogens is 1. The van der Waals surface area contributed by atoms with Gasteiger partial charge in [0, 0.05) is 23.1 Å². The van der Waals surface area contributed by atoms with Gasteiger partial charge in [-0.15, -0.1) is 0 Å². The number of nitrogens with one attached hydrogen (secondary N) is 2. The van der Waals surface area contributed by atoms with Gasteiger partial charge in [-0.05, 0) is 39.0 Å². The molecular formula is C16H17F3N4O2. The van der Waals surface area contributed by atoms with Crippen molar-refractivity contribution >= 4 is 11.6 Å². The normalized spacial score (nSPS) is 20.4. The topological polar surface area (TPSA) is 83.8 Å². The summed E-state index contributed by atoms with van der Waals surface area (Å²) in [6.07, 6.45) is -1.67. The van der Waals surface area contributed by atoms with Gasteiger partial charge >= 0.3 is 6.18 Å². The number of nitrogens with zero attached hydrogens (tertiary/aromatic N) is 2. The van der Waals surface area contributed by atoms with E-state index >= 15 is 0 Å². The van der Waals surface area contributed by atoms with Crippen LogP contribution in [0.3, 0.4) is 0 Å². The number of rotatable bonds is 3. The van der Waals surface area contributed by atoms with Crippen LogP contribution in [0.25, 0.3) is 0 Å². The lowest BCUT2D eigenvalue weighted by molar-refractivity contribution is -0.142. The molecule has 134 valence electrons. The fourth-order valence-corrected chi connectivity index (χ4v) is 3.34. The molecule has 0 spiro atoms. The third-order valence-corrected chi connectivity index (χ3v) is 4.87. The fourth-order valence-electron chi connectivity index (χ4n) is 3.34. The maximum absolute atomic E-state index is 13.0. The molecule has 0 aliphatic heterocycles. The van der Waals surface area contributed by atoms with E-state index in [2.05, 4.69) is 20.7 Å². The van der Waals surface area contributed by atoms with Gasteiger partial charge in [-0.2, -0.15) is 18.3 Å². The summed E-state index contributed by atoms with van der Waals surface area (Å²) in [5.74, 6) is 0.113. The van der Waals surface area contributed by atoms with Gasteiger partial charge in [0.05, 0.1) is 0 Å². The number of hydrogen-bond donors (Lipinski definition) is 2. The fraction of sp³-hybridized carbons (Fsp3) is 0.562. The quantitative estimate of drug-likeness (QED) is 0.885. The number of hydrogen-bond acceptors (Lipinski definition) is 4. The second kappa shape index (κ2) is 5.60. The Morgan fingerprint density at radius 2 is 2.08 bits per heavy atom. The molecule has 9 heteroatoms. The minimum absolute atomic E-state index is 0.0234. The lowest BCUT2D eigenvalue weighted by atomic mass is 9.85. The molecule has 1 saturated carbocycles. The van der Waals surface area contributed by atoms with Gasteiger partial charge in [0.2, 0.25) is 5.91 Å². The zero-order valence-corrected chi connectivity index (χ0v) is 13.5. The Kier molecular flexibility index (Phi) is 3.62. The Labute approximate surface area is 141 Å². The number of carbonyl (C=O) groups is 1. The molecule has 2 aromatic heterocycles. The van der Waals surface area contributed by atoms with E-state index in [1.807, 2.05) is 0 Å². The van der Waals surface area contributed by atoms with Crippen molar-refractivity contribution in [2.45, 2.75) is 51.1 Å². The van der Waals surface area contributed by atoms with Gasteiger partial charge in [-0.25, -0.2) is 0 Å². The van der Waals surface area contributed by atoms with Crippen LogP contribution in [0.5, 0.6) is 0 Å². The van der Waals surface area contributed by atoms with Crippen LogP contribution in [0.1, 0.15) is 53.6 Å². The highest BCUT2D eigenvalue weighted by atomic mass is 19.4. The molecule has 0 radical (unpaired) electrons. The van der Waals surface area contributed by atoms with E-state index < -0.39 is 17.8 Å². The van der Waals surface area contributed by atoms with Crippen molar-refractivity contribution in [3.8, 4) is 0 Å². The van der Waals surface area contributed by atoms with E-state index in [0.717, 1.165) is 12.8 Å². The van der Waals surface area contributed by atoms with Gasteiger partial charge in [0.1, 0.15) is 11.4 Å². The van der Waals surface area contributed by atoms with Crippen molar-refractivity contribution in [3.05, 3.63) is 28.4 Å². The first-order chi connectivity index (χ1) is 11.8. The number of aromatic amines is 1. The largest absolute Gasteiger partial charge is 0.435 e. The predicted octanol–water partition coefficient (Wildman–Crippen LogP) is 3.35. The monoisotopic (exact) mass is 354 g/mol. The summed E-state index contributed by atoms with van der Waals surface area (Å²) in [5, 5.41) is 12.6. The van der Waals surface area contributed by atoms with Crippen LogP contribution < -0.4 is 5.32 Å². The molecule has 2 N–H and O–H groups in total. The van der Waals surface area contributed by atoms with Crippen LogP contribution in [0.15, 0.2) is 4.52 Å². The maximum Gasteiger partial charge on any atom is 0.435 e. The molecule has 0 unspecified atom stereocenters. The summed E-state index contributed by atoms with van der Waals surface area (Å²) in [6, 6.07) is 0. The van der Waals surface area contributed by atoms with E-state index in [9.17, 15) is 18.0 Å². The number of anilines is 1. The molecule has 0 aromatic carbocycles. The summed E-state index contributed by atoms with van der Waals surface area (Å²) < 4.78 is 44.4. The summed E-state index contributed by atoms with van der Waals surface area (Å²) in [6.45, 7) is 1.74. The zero-order chi connectivity index (χ0) is 17.8. The van der Waals surface area contributed by atoms with Gasteiger partial charge in [0.25, 0.3) is 0 Å². The summed E-state index contributed by atoms with van der Waals surface area (Å²) in [4.78, 5) is 12.6. The molecule has 2 aromatic rings. The van der Waals surface area contributed by atoms with Crippen molar-refractivity contribution in [1.82, 2.24) is 15.4 Å². The van der Waals surface area contributed by atoms with Gasteiger partial charge in [-0.3, -0.25) is 9.89 Å². The number of halogens is 3. The summed E-state index contributed by atoms with van der Waals surface area (Å²) in [7, 11) is 0. The average molecular weight is 354 g/mol. The average Bonchev–Trinajstić information content (AvgIpc) is 3.19. The Morgan fingerprint density at radius 3 is 2.76 bits per heavy atom. The third-order valence-electron chi connectivity index (χ3n) is 4.87. The predicted molar refractivity (Wildman–Crippen MR) is 80.9 cm³/mol. The molecule has 2 aliphatic carbocycles. The van der Waals surface area contributed by atoms with Crippen molar-refractivity contribution in [2.24, 2.45) is 5.92 Å². The Hall–Kier alpha value is -2.32. The molecule has 2 heterocycles. The summed E-state index contributed by atoms with van der Waals surface area (Å²) in [5.41, 5.74) is 0.812. The molecule has 6 nitrogen and oxygen atoms in total. The SMILES string of the molecule is Cc1noc(C2CC2)c1NC(=O)[C@H]1CCc2[nH]nc(C(F)(F)F)c2C1. The van der Waals surface area contributed by atoms with Crippen molar-refractivity contribution in [3.63, 3.8) is 0 Å². The lowest BCUT2D eigenvalue weighted by Crippen LogP contribution is -2.29. The van der Waals surface area contributed by atoms with Crippen LogP contribution in [-0.4, -0.2) is 21.3 Å². The molecule has 2 aliphatic rings. The highest BCUT2D eigenvalue weighted by molar-refractivity contribution is 5.94. The molecule has 0 bridgehead atoms. The number of aromatic nitrogens is 3. The number of fused-ring (bicyclic) bond motifs is 1. The highest BCUT2D eigenvalue weighted by Gasteiger charge is 2.41. The summed E-state index contributed by atoms with van der Waals surface area (Å²) >= 11 is 0. The lowest BCUT2D eigenvalue weighted by Gasteiger charge is -2.22. The minimum Gasteiger partial charge on any atom is -0.359 e. The minimum atomic E-state index is -4.52. The van der Waals surface area contributed by atoms with Crippen molar-refractivity contribution in [2.75, 3.05) is 5.32 Å². The third kappa shape index (κ3) is 2.91. The first kappa shape index (κ1) is 16.2. The molecule has 1 fully saturated rings. The van der Waals surface area contributed by atoms with E-state index in [1.165, 1.54) is 0 Å². The van der Waals surface area contributed by atoms with E-state index in [0.29, 0.717) is 35.7 Å². The molecule has 1 atom stereocenters. The molecule has 4 rings (SSSR count). The molecule has 0 saturated heterocycles. The van der Waals surface area contributed by atoms with Crippen LogP contribution in [0, 0.1) is 12.8 Å². The number of carbonyl (C=O) groups excluding carboxylic acids is 1. The molecular weight excluding hydrogens is 337 g/mol. The number of alkyl halides is 3. The number of amides is 1. The van der Waals surface area contributed by atoms with E-state index in [4.69, 9.17) is 4.52 Å². The second-order valence-corrected chi connectivity index (χ2v) is 6.74. The first-order valence-corrected chi connectivity index (χ1v) is 8.25. The Bertz CT molecular complexity index is 820. The Morgan fingerprint density at radius 1 is 1.32 bits per heavy atom. The standard InChI is InChI=1S/C16H17F3N4O2/c1-7-12(13(25-23-7)8-2-3-8)20-15(24)9-4-5-11-10(6-9)14(22-21-11)16(17,18)19/h8-9H,2-6H2,1H3,(H,20,24)(H,21,22)/t9-/m0/s1. The second-order valence-electron chi connectivity index (χ2n) is 6.74. The van der Waals surface area contributed by atoms with E-state index in [-0.39, 0.29) is 23.8 Å². The van der Waals surface area contributed by atoms with Crippen LogP contribution in [0.2, 0.25) is 0 Å². The Balaban J connectivity index is 1.53. The van der Waals surface area contributed by atoms with Gasteiger partial charge in [-0.1, -0.05) is 5.16 Å². The zero-order valence-electron chi connectivity index (χ0n) is 13.5. The van der Waals surface area contributed by atoms with E-state index in [1.54, 1.807) is 6.92 Å². The smallest absolute Gasteiger partial charge is 0.359 e. The van der Waals surface area contributed by atoms with Gasteiger partial charge in [0.15, 0.2) is 11.5 Å². The number of aryl methyl sites for hydroxylation is 2. The first-order valence-electron chi connectivity index (χ1n) is 8.25. The van der Waals surface area contributed by atoms with Crippen molar-refractivity contribution < 1.29 is 22.5 Å². The van der Waals surface area contributed by atoms with Crippen molar-refractivity contribution in [1.29, 1.82) is 0 Å². The highest BCUT2D eigenvalue weighted by Crippen LogP contribution is 2.44. The van der Waals surface area contributed by atoms with Crippen LogP contribution >= 0.6 is 0 Å².